The maximum atomic E-state index is 14.0. The molecule has 0 radical (unpaired) electrons. The lowest BCUT2D eigenvalue weighted by molar-refractivity contribution is 0.0492. The van der Waals surface area contributed by atoms with Gasteiger partial charge in [0.25, 0.3) is 0 Å². The molecule has 0 aliphatic rings. The SMILES string of the molecule is CCOC(=O)c1cc2cc(Oc3ccc(N(c4nc5c(Cl)cc(F)cc5[nH]4)C(F)F)cc3)ccc2o1. The Morgan fingerprint density at radius 1 is 1.11 bits per heavy atom. The van der Waals surface area contributed by atoms with Crippen LogP contribution in [0.1, 0.15) is 17.5 Å². The zero-order valence-corrected chi connectivity index (χ0v) is 19.4. The number of nitrogens with one attached hydrogen (secondary N) is 1. The Hall–Kier alpha value is -4.18. The normalized spacial score (nSPS) is 11.4. The number of H-pyrrole nitrogens is 1. The predicted molar refractivity (Wildman–Crippen MR) is 128 cm³/mol. The van der Waals surface area contributed by atoms with Crippen LogP contribution in [0, 0.1) is 5.82 Å². The third kappa shape index (κ3) is 4.55. The van der Waals surface area contributed by atoms with Crippen LogP contribution in [0.2, 0.25) is 5.02 Å². The van der Waals surface area contributed by atoms with Crippen molar-refractivity contribution in [2.45, 2.75) is 13.5 Å². The van der Waals surface area contributed by atoms with E-state index in [0.717, 1.165) is 12.1 Å². The van der Waals surface area contributed by atoms with Crippen molar-refractivity contribution in [2.24, 2.45) is 0 Å². The van der Waals surface area contributed by atoms with Crippen molar-refractivity contribution in [1.29, 1.82) is 0 Å². The van der Waals surface area contributed by atoms with Crippen molar-refractivity contribution in [2.75, 3.05) is 11.5 Å². The second kappa shape index (κ2) is 9.46. The van der Waals surface area contributed by atoms with E-state index >= 15 is 0 Å². The number of anilines is 2. The number of ether oxygens (including phenoxy) is 2. The average molecular weight is 516 g/mol. The van der Waals surface area contributed by atoms with E-state index in [9.17, 15) is 18.0 Å². The fraction of sp³-hybridized carbons (Fsp3) is 0.120. The molecule has 184 valence electrons. The van der Waals surface area contributed by atoms with Crippen LogP contribution in [0.4, 0.5) is 24.8 Å². The molecule has 0 atom stereocenters. The average Bonchev–Trinajstić information content (AvgIpc) is 3.44. The fourth-order valence-electron chi connectivity index (χ4n) is 3.67. The molecule has 0 amide bonds. The van der Waals surface area contributed by atoms with Crippen LogP contribution >= 0.6 is 11.6 Å². The van der Waals surface area contributed by atoms with E-state index in [-0.39, 0.29) is 40.1 Å². The third-order valence-corrected chi connectivity index (χ3v) is 5.52. The molecule has 0 saturated carbocycles. The number of carbonyl (C=O) groups excluding carboxylic acids is 1. The molecule has 0 spiro atoms. The number of esters is 1. The molecule has 0 bridgehead atoms. The van der Waals surface area contributed by atoms with Crippen molar-refractivity contribution in [1.82, 2.24) is 9.97 Å². The molecule has 3 aromatic carbocycles. The smallest absolute Gasteiger partial charge is 0.374 e. The number of hydrogen-bond donors (Lipinski definition) is 1. The number of carbonyl (C=O) groups is 1. The number of aromatic nitrogens is 2. The first-order chi connectivity index (χ1) is 17.3. The Balaban J connectivity index is 1.38. The molecule has 0 saturated heterocycles. The lowest BCUT2D eigenvalue weighted by Crippen LogP contribution is -2.24. The van der Waals surface area contributed by atoms with Gasteiger partial charge in [0, 0.05) is 11.1 Å². The Morgan fingerprint density at radius 2 is 1.86 bits per heavy atom. The van der Waals surface area contributed by atoms with Gasteiger partial charge in [-0.1, -0.05) is 11.6 Å². The highest BCUT2D eigenvalue weighted by atomic mass is 35.5. The summed E-state index contributed by atoms with van der Waals surface area (Å²) in [4.78, 5) is 19.3. The number of aromatic amines is 1. The molecule has 2 aromatic heterocycles. The van der Waals surface area contributed by atoms with E-state index in [2.05, 4.69) is 9.97 Å². The number of imidazole rings is 1. The van der Waals surface area contributed by atoms with Crippen molar-refractivity contribution >= 4 is 51.2 Å². The van der Waals surface area contributed by atoms with Gasteiger partial charge < -0.3 is 18.9 Å². The Kier molecular flexibility index (Phi) is 6.19. The molecule has 11 heteroatoms. The Bertz CT molecular complexity index is 1570. The van der Waals surface area contributed by atoms with Crippen LogP contribution in [-0.2, 0) is 4.74 Å². The van der Waals surface area contributed by atoms with Crippen LogP contribution in [0.3, 0.4) is 0 Å². The molecule has 1 N–H and O–H groups in total. The minimum absolute atomic E-state index is 0.00873. The van der Waals surface area contributed by atoms with Crippen LogP contribution in [0.15, 0.2) is 65.1 Å². The topological polar surface area (TPSA) is 80.6 Å². The lowest BCUT2D eigenvalue weighted by atomic mass is 10.2. The first kappa shape index (κ1) is 23.6. The van der Waals surface area contributed by atoms with E-state index in [1.807, 2.05) is 0 Å². The summed E-state index contributed by atoms with van der Waals surface area (Å²) in [5, 5.41) is 0.644. The van der Waals surface area contributed by atoms with Gasteiger partial charge in [-0.2, -0.15) is 8.78 Å². The van der Waals surface area contributed by atoms with E-state index in [1.165, 1.54) is 24.3 Å². The number of hydrogen-bond acceptors (Lipinski definition) is 6. The number of nitrogens with zero attached hydrogens (tertiary/aromatic N) is 2. The number of fused-ring (bicyclic) bond motifs is 2. The molecule has 0 aliphatic carbocycles. The van der Waals surface area contributed by atoms with E-state index in [0.29, 0.717) is 27.4 Å². The summed E-state index contributed by atoms with van der Waals surface area (Å²) in [6.45, 7) is -1.02. The molecule has 5 rings (SSSR count). The molecular formula is C25H17ClF3N3O4. The van der Waals surface area contributed by atoms with Crippen LogP contribution in [-0.4, -0.2) is 29.1 Å². The van der Waals surface area contributed by atoms with Gasteiger partial charge in [0.15, 0.2) is 0 Å². The van der Waals surface area contributed by atoms with Gasteiger partial charge in [0.05, 0.1) is 17.1 Å². The monoisotopic (exact) mass is 515 g/mol. The molecule has 0 aliphatic heterocycles. The van der Waals surface area contributed by atoms with Crippen molar-refractivity contribution in [3.05, 3.63) is 77.3 Å². The van der Waals surface area contributed by atoms with Gasteiger partial charge in [-0.3, -0.25) is 4.90 Å². The maximum Gasteiger partial charge on any atom is 0.374 e. The van der Waals surface area contributed by atoms with Gasteiger partial charge in [0.2, 0.25) is 11.7 Å². The molecule has 7 nitrogen and oxygen atoms in total. The second-order valence-corrected chi connectivity index (χ2v) is 8.03. The lowest BCUT2D eigenvalue weighted by Gasteiger charge is -2.21. The second-order valence-electron chi connectivity index (χ2n) is 7.62. The largest absolute Gasteiger partial charge is 0.460 e. The van der Waals surface area contributed by atoms with E-state index in [4.69, 9.17) is 25.5 Å². The number of alkyl halides is 2. The Morgan fingerprint density at radius 3 is 2.58 bits per heavy atom. The van der Waals surface area contributed by atoms with E-state index < -0.39 is 18.3 Å². The summed E-state index contributed by atoms with van der Waals surface area (Å²) in [5.41, 5.74) is 0.984. The van der Waals surface area contributed by atoms with Gasteiger partial charge in [-0.25, -0.2) is 14.2 Å². The first-order valence-corrected chi connectivity index (χ1v) is 11.1. The number of furan rings is 1. The number of rotatable bonds is 7. The third-order valence-electron chi connectivity index (χ3n) is 5.23. The van der Waals surface area contributed by atoms with Crippen LogP contribution in [0.25, 0.3) is 22.0 Å². The summed E-state index contributed by atoms with van der Waals surface area (Å²) >= 11 is 6.00. The minimum Gasteiger partial charge on any atom is -0.460 e. The number of halogens is 4. The van der Waals surface area contributed by atoms with Crippen molar-refractivity contribution < 1.29 is 31.9 Å². The molecule has 36 heavy (non-hydrogen) atoms. The maximum absolute atomic E-state index is 14.0. The Labute approximate surface area is 207 Å². The van der Waals surface area contributed by atoms with Crippen molar-refractivity contribution in [3.63, 3.8) is 0 Å². The zero-order chi connectivity index (χ0) is 25.4. The quantitative estimate of drug-likeness (QED) is 0.179. The first-order valence-electron chi connectivity index (χ1n) is 10.7. The zero-order valence-electron chi connectivity index (χ0n) is 18.6. The summed E-state index contributed by atoms with van der Waals surface area (Å²) in [7, 11) is 0. The van der Waals surface area contributed by atoms with E-state index in [1.54, 1.807) is 31.2 Å². The molecule has 0 fully saturated rings. The standard InChI is InChI=1S/C25H17ClF3N3O4/c1-2-34-23(33)21-10-13-9-17(7-8-20(13)36-21)35-16-5-3-15(4-6-16)32(24(28)29)25-30-19-12-14(27)11-18(26)22(19)31-25/h3-12,24H,2H2,1H3,(H,30,31). The van der Waals surface area contributed by atoms with Crippen LogP contribution < -0.4 is 9.64 Å². The van der Waals surface area contributed by atoms with Gasteiger partial charge >= 0.3 is 12.5 Å². The molecule has 5 aromatic rings. The van der Waals surface area contributed by atoms with Gasteiger partial charge in [-0.15, -0.1) is 0 Å². The highest BCUT2D eigenvalue weighted by molar-refractivity contribution is 6.35. The van der Waals surface area contributed by atoms with Crippen molar-refractivity contribution in [3.8, 4) is 11.5 Å². The van der Waals surface area contributed by atoms with Gasteiger partial charge in [0.1, 0.15) is 28.4 Å². The molecule has 0 unspecified atom stereocenters. The minimum atomic E-state index is -2.95. The highest BCUT2D eigenvalue weighted by Crippen LogP contribution is 2.34. The number of benzene rings is 3. The fourth-order valence-corrected chi connectivity index (χ4v) is 3.92. The van der Waals surface area contributed by atoms with Gasteiger partial charge in [-0.05, 0) is 67.6 Å². The summed E-state index contributed by atoms with van der Waals surface area (Å²) in [5.74, 6) is -0.452. The molecular weight excluding hydrogens is 499 g/mol. The highest BCUT2D eigenvalue weighted by Gasteiger charge is 2.23. The summed E-state index contributed by atoms with van der Waals surface area (Å²) in [6.07, 6.45) is 0. The molecule has 2 heterocycles. The van der Waals surface area contributed by atoms with Crippen LogP contribution in [0.5, 0.6) is 11.5 Å². The summed E-state index contributed by atoms with van der Waals surface area (Å²) < 4.78 is 57.8. The summed E-state index contributed by atoms with van der Waals surface area (Å²) in [6, 6.07) is 14.6. The predicted octanol–water partition coefficient (Wildman–Crippen LogP) is 7.43.